The molecule has 0 unspecified atom stereocenters. The quantitative estimate of drug-likeness (QED) is 0.574. The Morgan fingerprint density at radius 2 is 1.81 bits per heavy atom. The number of aryl methyl sites for hydroxylation is 4. The Kier molecular flexibility index (Phi) is 6.50. The van der Waals surface area contributed by atoms with Crippen LogP contribution in [0.4, 0.5) is 5.95 Å². The predicted molar refractivity (Wildman–Crippen MR) is 129 cm³/mol. The lowest BCUT2D eigenvalue weighted by atomic mass is 10.0. The van der Waals surface area contributed by atoms with Crippen LogP contribution in [-0.4, -0.2) is 50.2 Å². The average Bonchev–Trinajstić information content (AvgIpc) is 3.16. The fourth-order valence-corrected chi connectivity index (χ4v) is 4.51. The monoisotopic (exact) mass is 438 g/mol. The van der Waals surface area contributed by atoms with Crippen molar-refractivity contribution in [3.05, 3.63) is 55.7 Å². The molecule has 172 valence electrons. The minimum Gasteiger partial charge on any atom is -0.340 e. The van der Waals surface area contributed by atoms with Gasteiger partial charge >= 0.3 is 5.69 Å². The van der Waals surface area contributed by atoms with Crippen LogP contribution in [-0.2, 0) is 20.1 Å². The Bertz CT molecular complexity index is 1210. The average molecular weight is 439 g/mol. The van der Waals surface area contributed by atoms with E-state index in [4.69, 9.17) is 4.98 Å². The maximum Gasteiger partial charge on any atom is 0.329 e. The number of nitrogens with zero attached hydrogens (tertiary/aromatic N) is 5. The molecule has 1 aliphatic rings. The van der Waals surface area contributed by atoms with Crippen molar-refractivity contribution in [2.45, 2.75) is 53.1 Å². The van der Waals surface area contributed by atoms with Crippen molar-refractivity contribution in [2.24, 2.45) is 7.05 Å². The van der Waals surface area contributed by atoms with Gasteiger partial charge in [-0.3, -0.25) is 19.2 Å². The van der Waals surface area contributed by atoms with Gasteiger partial charge in [-0.2, -0.15) is 4.98 Å². The third-order valence-electron chi connectivity index (χ3n) is 6.53. The molecule has 8 heteroatoms. The van der Waals surface area contributed by atoms with E-state index in [1.165, 1.54) is 21.3 Å². The van der Waals surface area contributed by atoms with E-state index < -0.39 is 5.69 Å². The lowest BCUT2D eigenvalue weighted by Gasteiger charge is -2.35. The Labute approximate surface area is 188 Å². The molecular formula is C24H34N6O2. The number of unbranched alkanes of at least 4 members (excludes halogenated alkanes) is 2. The molecule has 0 bridgehead atoms. The normalized spacial score (nSPS) is 15.1. The van der Waals surface area contributed by atoms with Gasteiger partial charge in [0, 0.05) is 46.3 Å². The van der Waals surface area contributed by atoms with Crippen LogP contribution in [0.3, 0.4) is 0 Å². The van der Waals surface area contributed by atoms with E-state index in [1.807, 2.05) is 4.57 Å². The topological polar surface area (TPSA) is 79.2 Å². The van der Waals surface area contributed by atoms with E-state index in [1.54, 1.807) is 7.05 Å². The van der Waals surface area contributed by atoms with Crippen LogP contribution < -0.4 is 16.1 Å². The summed E-state index contributed by atoms with van der Waals surface area (Å²) in [6.07, 6.45) is 3.17. The van der Waals surface area contributed by atoms with Gasteiger partial charge in [-0.05, 0) is 31.4 Å². The van der Waals surface area contributed by atoms with Crippen LogP contribution in [0.25, 0.3) is 11.2 Å². The number of H-pyrrole nitrogens is 1. The summed E-state index contributed by atoms with van der Waals surface area (Å²) in [7, 11) is 1.66. The maximum atomic E-state index is 12.7. The molecule has 3 aromatic rings. The molecule has 1 fully saturated rings. The number of benzene rings is 1. The van der Waals surface area contributed by atoms with Gasteiger partial charge in [0.2, 0.25) is 5.95 Å². The summed E-state index contributed by atoms with van der Waals surface area (Å²) in [4.78, 5) is 36.7. The molecular weight excluding hydrogens is 404 g/mol. The van der Waals surface area contributed by atoms with E-state index in [2.05, 4.69) is 53.8 Å². The minimum absolute atomic E-state index is 0.355. The van der Waals surface area contributed by atoms with Crippen molar-refractivity contribution >= 4 is 17.1 Å². The number of imidazole rings is 1. The lowest BCUT2D eigenvalue weighted by Crippen LogP contribution is -2.47. The predicted octanol–water partition coefficient (Wildman–Crippen LogP) is 2.55. The minimum atomic E-state index is -0.425. The van der Waals surface area contributed by atoms with Crippen molar-refractivity contribution in [3.8, 4) is 0 Å². The molecule has 0 spiro atoms. The molecule has 0 radical (unpaired) electrons. The summed E-state index contributed by atoms with van der Waals surface area (Å²) >= 11 is 0. The van der Waals surface area contributed by atoms with E-state index in [9.17, 15) is 9.59 Å². The smallest absolute Gasteiger partial charge is 0.329 e. The summed E-state index contributed by atoms with van der Waals surface area (Å²) in [5.41, 5.74) is 4.18. The molecule has 1 aliphatic heterocycles. The first-order chi connectivity index (χ1) is 15.4. The highest BCUT2D eigenvalue weighted by atomic mass is 16.2. The van der Waals surface area contributed by atoms with Gasteiger partial charge in [-0.25, -0.2) is 4.79 Å². The first kappa shape index (κ1) is 22.3. The van der Waals surface area contributed by atoms with E-state index in [-0.39, 0.29) is 5.56 Å². The van der Waals surface area contributed by atoms with E-state index >= 15 is 0 Å². The van der Waals surface area contributed by atoms with Crippen LogP contribution in [0.1, 0.15) is 42.9 Å². The highest BCUT2D eigenvalue weighted by Gasteiger charge is 2.25. The molecule has 8 nitrogen and oxygen atoms in total. The largest absolute Gasteiger partial charge is 0.340 e. The Balaban J connectivity index is 1.58. The highest BCUT2D eigenvalue weighted by molar-refractivity contribution is 5.74. The van der Waals surface area contributed by atoms with Gasteiger partial charge in [-0.15, -0.1) is 0 Å². The number of fused-ring (bicyclic) bond motifs is 1. The molecule has 1 saturated heterocycles. The van der Waals surface area contributed by atoms with Crippen LogP contribution in [0.5, 0.6) is 0 Å². The zero-order valence-electron chi connectivity index (χ0n) is 19.6. The molecule has 0 aliphatic carbocycles. The molecule has 0 saturated carbocycles. The van der Waals surface area contributed by atoms with Crippen molar-refractivity contribution < 1.29 is 0 Å². The van der Waals surface area contributed by atoms with Crippen molar-refractivity contribution in [1.82, 2.24) is 24.0 Å². The molecule has 0 amide bonds. The fourth-order valence-electron chi connectivity index (χ4n) is 4.51. The molecule has 0 atom stereocenters. The molecule has 3 heterocycles. The SMILES string of the molecule is CCCCCn1c(N2CCN(Cc3cc(C)ccc3C)CC2)nc2c1c(=O)[nH]c(=O)n2C. The van der Waals surface area contributed by atoms with E-state index in [0.29, 0.717) is 11.2 Å². The van der Waals surface area contributed by atoms with E-state index in [0.717, 1.165) is 64.5 Å². The number of nitrogens with one attached hydrogen (secondary N) is 1. The molecule has 1 N–H and O–H groups in total. The second-order valence-corrected chi connectivity index (χ2v) is 8.95. The van der Waals surface area contributed by atoms with Crippen molar-refractivity contribution in [3.63, 3.8) is 0 Å². The number of hydrogen-bond acceptors (Lipinski definition) is 5. The van der Waals surface area contributed by atoms with Gasteiger partial charge < -0.3 is 9.47 Å². The fraction of sp³-hybridized carbons (Fsp3) is 0.542. The summed E-state index contributed by atoms with van der Waals surface area (Å²) in [6, 6.07) is 6.64. The highest BCUT2D eigenvalue weighted by Crippen LogP contribution is 2.23. The van der Waals surface area contributed by atoms with Crippen LogP contribution >= 0.6 is 0 Å². The number of hydrogen-bond donors (Lipinski definition) is 1. The summed E-state index contributed by atoms with van der Waals surface area (Å²) in [5, 5.41) is 0. The maximum absolute atomic E-state index is 12.7. The zero-order chi connectivity index (χ0) is 22.8. The van der Waals surface area contributed by atoms with Crippen molar-refractivity contribution in [1.29, 1.82) is 0 Å². The standard InChI is InChI=1S/C24H34N6O2/c1-5-6-7-10-30-20-21(27(4)24(32)26-22(20)31)25-23(30)29-13-11-28(12-14-29)16-19-15-17(2)8-9-18(19)3/h8-9,15H,5-7,10-14,16H2,1-4H3,(H,26,31,32). The summed E-state index contributed by atoms with van der Waals surface area (Å²) in [5.74, 6) is 0.800. The summed E-state index contributed by atoms with van der Waals surface area (Å²) in [6.45, 7) is 11.7. The van der Waals surface area contributed by atoms with Crippen LogP contribution in [0.15, 0.2) is 27.8 Å². The van der Waals surface area contributed by atoms with Gasteiger partial charge in [0.15, 0.2) is 11.2 Å². The third-order valence-corrected chi connectivity index (χ3v) is 6.53. The summed E-state index contributed by atoms with van der Waals surface area (Å²) < 4.78 is 3.46. The van der Waals surface area contributed by atoms with Crippen molar-refractivity contribution in [2.75, 3.05) is 31.1 Å². The van der Waals surface area contributed by atoms with Gasteiger partial charge in [0.05, 0.1) is 0 Å². The number of aromatic nitrogens is 4. The molecule has 1 aromatic carbocycles. The van der Waals surface area contributed by atoms with Crippen LogP contribution in [0, 0.1) is 13.8 Å². The number of anilines is 1. The third kappa shape index (κ3) is 4.37. The zero-order valence-corrected chi connectivity index (χ0v) is 19.6. The van der Waals surface area contributed by atoms with Gasteiger partial charge in [0.1, 0.15) is 0 Å². The Morgan fingerprint density at radius 3 is 2.53 bits per heavy atom. The van der Waals surface area contributed by atoms with Gasteiger partial charge in [0.25, 0.3) is 5.56 Å². The molecule has 32 heavy (non-hydrogen) atoms. The number of rotatable bonds is 7. The first-order valence-corrected chi connectivity index (χ1v) is 11.6. The first-order valence-electron chi connectivity index (χ1n) is 11.6. The number of piperazine rings is 1. The Hall–Kier alpha value is -2.87. The Morgan fingerprint density at radius 1 is 1.06 bits per heavy atom. The number of aromatic amines is 1. The molecule has 4 rings (SSSR count). The second-order valence-electron chi connectivity index (χ2n) is 8.95. The second kappa shape index (κ2) is 9.32. The van der Waals surface area contributed by atoms with Gasteiger partial charge in [-0.1, -0.05) is 43.5 Å². The molecule has 2 aromatic heterocycles. The van der Waals surface area contributed by atoms with Crippen LogP contribution in [0.2, 0.25) is 0 Å². The lowest BCUT2D eigenvalue weighted by molar-refractivity contribution is 0.247.